The normalized spacial score (nSPS) is 15.3. The lowest BCUT2D eigenvalue weighted by atomic mass is 9.95. The van der Waals surface area contributed by atoms with Gasteiger partial charge in [-0.15, -0.1) is 0 Å². The van der Waals surface area contributed by atoms with Gasteiger partial charge in [-0.3, -0.25) is 4.79 Å². The van der Waals surface area contributed by atoms with Crippen LogP contribution >= 0.6 is 0 Å². The highest BCUT2D eigenvalue weighted by molar-refractivity contribution is 6.00. The summed E-state index contributed by atoms with van der Waals surface area (Å²) in [6.45, 7) is 1.97. The van der Waals surface area contributed by atoms with Crippen molar-refractivity contribution < 1.29 is 9.53 Å². The Kier molecular flexibility index (Phi) is 3.37. The summed E-state index contributed by atoms with van der Waals surface area (Å²) < 4.78 is 5.16. The zero-order valence-corrected chi connectivity index (χ0v) is 12.2. The number of carbonyl (C=O) groups excluding carboxylic acids is 1. The molecule has 1 aromatic carbocycles. The Morgan fingerprint density at radius 2 is 1.90 bits per heavy atom. The fourth-order valence-corrected chi connectivity index (χ4v) is 2.46. The van der Waals surface area contributed by atoms with E-state index >= 15 is 0 Å². The number of anilines is 1. The van der Waals surface area contributed by atoms with Crippen LogP contribution in [0.25, 0.3) is 0 Å². The molecule has 0 radical (unpaired) electrons. The minimum Gasteiger partial charge on any atom is -0.497 e. The Balaban J connectivity index is 1.78. The Hall–Kier alpha value is -2.36. The lowest BCUT2D eigenvalue weighted by Gasteiger charge is -2.16. The summed E-state index contributed by atoms with van der Waals surface area (Å²) in [7, 11) is 1.64. The van der Waals surface area contributed by atoms with Gasteiger partial charge >= 0.3 is 0 Å². The smallest absolute Gasteiger partial charge is 0.236 e. The zero-order chi connectivity index (χ0) is 14.9. The number of aryl methyl sites for hydroxylation is 1. The number of aromatic nitrogens is 1. The van der Waals surface area contributed by atoms with Crippen LogP contribution in [0.15, 0.2) is 42.6 Å². The predicted molar refractivity (Wildman–Crippen MR) is 81.5 cm³/mol. The van der Waals surface area contributed by atoms with E-state index in [4.69, 9.17) is 4.74 Å². The van der Waals surface area contributed by atoms with Gasteiger partial charge in [0.05, 0.1) is 12.5 Å². The second-order valence-electron chi connectivity index (χ2n) is 5.49. The van der Waals surface area contributed by atoms with Gasteiger partial charge in [0.2, 0.25) is 5.91 Å². The van der Waals surface area contributed by atoms with Crippen LogP contribution in [-0.4, -0.2) is 18.0 Å². The van der Waals surface area contributed by atoms with Gasteiger partial charge in [0.15, 0.2) is 0 Å². The van der Waals surface area contributed by atoms with E-state index < -0.39 is 5.41 Å². The molecule has 2 aromatic rings. The standard InChI is InChI=1S/C17H18N2O2/c1-12-3-8-15(18-11-12)19-16(20)17(9-10-17)13-4-6-14(21-2)7-5-13/h3-8,11H,9-10H2,1-2H3,(H,18,19,20). The number of rotatable bonds is 4. The monoisotopic (exact) mass is 282 g/mol. The third-order valence-electron chi connectivity index (χ3n) is 3.98. The van der Waals surface area contributed by atoms with E-state index in [9.17, 15) is 4.79 Å². The first-order valence-corrected chi connectivity index (χ1v) is 7.03. The molecule has 0 aliphatic heterocycles. The van der Waals surface area contributed by atoms with Crippen LogP contribution in [0.5, 0.6) is 5.75 Å². The van der Waals surface area contributed by atoms with Crippen molar-refractivity contribution in [2.45, 2.75) is 25.2 Å². The SMILES string of the molecule is COc1ccc(C2(C(=O)Nc3ccc(C)cn3)CC2)cc1. The molecule has 4 nitrogen and oxygen atoms in total. The fraction of sp³-hybridized carbons (Fsp3) is 0.294. The molecule has 1 aromatic heterocycles. The van der Waals surface area contributed by atoms with Crippen LogP contribution in [0.1, 0.15) is 24.0 Å². The molecule has 108 valence electrons. The third-order valence-corrected chi connectivity index (χ3v) is 3.98. The van der Waals surface area contributed by atoms with Crippen LogP contribution in [0.4, 0.5) is 5.82 Å². The Labute approximate surface area is 124 Å². The first-order valence-electron chi connectivity index (χ1n) is 7.03. The summed E-state index contributed by atoms with van der Waals surface area (Å²) >= 11 is 0. The summed E-state index contributed by atoms with van der Waals surface area (Å²) in [6, 6.07) is 11.5. The minimum atomic E-state index is -0.404. The van der Waals surface area contributed by atoms with Crippen molar-refractivity contribution in [1.82, 2.24) is 4.98 Å². The predicted octanol–water partition coefficient (Wildman–Crippen LogP) is 3.07. The third kappa shape index (κ3) is 2.61. The second-order valence-corrected chi connectivity index (χ2v) is 5.49. The summed E-state index contributed by atoms with van der Waals surface area (Å²) in [5.74, 6) is 1.42. The second kappa shape index (κ2) is 5.20. The Morgan fingerprint density at radius 1 is 1.19 bits per heavy atom. The van der Waals surface area contributed by atoms with Gasteiger partial charge in [-0.2, -0.15) is 0 Å². The van der Waals surface area contributed by atoms with Crippen molar-refractivity contribution in [3.05, 3.63) is 53.7 Å². The van der Waals surface area contributed by atoms with Crippen molar-refractivity contribution >= 4 is 11.7 Å². The van der Waals surface area contributed by atoms with E-state index in [1.165, 1.54) is 0 Å². The number of benzene rings is 1. The lowest BCUT2D eigenvalue weighted by molar-refractivity contribution is -0.118. The van der Waals surface area contributed by atoms with Crippen LogP contribution in [-0.2, 0) is 10.2 Å². The van der Waals surface area contributed by atoms with E-state index in [2.05, 4.69) is 10.3 Å². The number of carbonyl (C=O) groups is 1. The highest BCUT2D eigenvalue weighted by atomic mass is 16.5. The molecule has 3 rings (SSSR count). The summed E-state index contributed by atoms with van der Waals surface area (Å²) in [5.41, 5.74) is 1.70. The lowest BCUT2D eigenvalue weighted by Crippen LogP contribution is -2.28. The number of hydrogen-bond acceptors (Lipinski definition) is 3. The van der Waals surface area contributed by atoms with Crippen LogP contribution in [0.3, 0.4) is 0 Å². The van der Waals surface area contributed by atoms with Crippen molar-refractivity contribution in [2.75, 3.05) is 12.4 Å². The fourth-order valence-electron chi connectivity index (χ4n) is 2.46. The van der Waals surface area contributed by atoms with E-state index in [0.717, 1.165) is 29.7 Å². The van der Waals surface area contributed by atoms with Crippen LogP contribution in [0.2, 0.25) is 0 Å². The first-order chi connectivity index (χ1) is 10.1. The highest BCUT2D eigenvalue weighted by Crippen LogP contribution is 2.49. The maximum atomic E-state index is 12.6. The average molecular weight is 282 g/mol. The Morgan fingerprint density at radius 3 is 2.43 bits per heavy atom. The van der Waals surface area contributed by atoms with Crippen molar-refractivity contribution in [1.29, 1.82) is 0 Å². The van der Waals surface area contributed by atoms with Crippen molar-refractivity contribution in [2.24, 2.45) is 0 Å². The number of methoxy groups -OCH3 is 1. The molecule has 0 unspecified atom stereocenters. The molecule has 0 saturated heterocycles. The van der Waals surface area contributed by atoms with Crippen molar-refractivity contribution in [3.8, 4) is 5.75 Å². The van der Waals surface area contributed by atoms with Gasteiger partial charge in [-0.05, 0) is 49.1 Å². The van der Waals surface area contributed by atoms with Gasteiger partial charge in [-0.25, -0.2) is 4.98 Å². The molecule has 21 heavy (non-hydrogen) atoms. The molecule has 1 N–H and O–H groups in total. The summed E-state index contributed by atoms with van der Waals surface area (Å²) in [4.78, 5) is 16.8. The molecule has 1 aliphatic carbocycles. The maximum Gasteiger partial charge on any atom is 0.236 e. The number of nitrogens with zero attached hydrogens (tertiary/aromatic N) is 1. The number of nitrogens with one attached hydrogen (secondary N) is 1. The number of hydrogen-bond donors (Lipinski definition) is 1. The number of ether oxygens (including phenoxy) is 1. The number of pyridine rings is 1. The molecule has 1 fully saturated rings. The molecule has 1 heterocycles. The molecule has 1 saturated carbocycles. The largest absolute Gasteiger partial charge is 0.497 e. The van der Waals surface area contributed by atoms with E-state index in [-0.39, 0.29) is 5.91 Å². The van der Waals surface area contributed by atoms with Crippen LogP contribution < -0.4 is 10.1 Å². The first kappa shape index (κ1) is 13.6. The molecule has 0 atom stereocenters. The molecular weight excluding hydrogens is 264 g/mol. The molecule has 0 bridgehead atoms. The average Bonchev–Trinajstić information content (AvgIpc) is 3.31. The molecule has 0 spiro atoms. The molecule has 1 aliphatic rings. The van der Waals surface area contributed by atoms with Crippen molar-refractivity contribution in [3.63, 3.8) is 0 Å². The molecule has 4 heteroatoms. The quantitative estimate of drug-likeness (QED) is 0.937. The van der Waals surface area contributed by atoms with E-state index in [0.29, 0.717) is 5.82 Å². The van der Waals surface area contributed by atoms with Gasteiger partial charge in [0.25, 0.3) is 0 Å². The zero-order valence-electron chi connectivity index (χ0n) is 12.2. The molecular formula is C17H18N2O2. The van der Waals surface area contributed by atoms with Gasteiger partial charge in [0, 0.05) is 6.20 Å². The maximum absolute atomic E-state index is 12.6. The van der Waals surface area contributed by atoms with Gasteiger partial charge < -0.3 is 10.1 Å². The Bertz CT molecular complexity index is 643. The molecule has 1 amide bonds. The minimum absolute atomic E-state index is 0.0176. The van der Waals surface area contributed by atoms with Crippen LogP contribution in [0, 0.1) is 6.92 Å². The van der Waals surface area contributed by atoms with Gasteiger partial charge in [-0.1, -0.05) is 18.2 Å². The summed E-state index contributed by atoms with van der Waals surface area (Å²) in [5, 5.41) is 2.92. The summed E-state index contributed by atoms with van der Waals surface area (Å²) in [6.07, 6.45) is 3.50. The van der Waals surface area contributed by atoms with Gasteiger partial charge in [0.1, 0.15) is 11.6 Å². The van der Waals surface area contributed by atoms with E-state index in [1.54, 1.807) is 13.3 Å². The topological polar surface area (TPSA) is 51.2 Å². The van der Waals surface area contributed by atoms with E-state index in [1.807, 2.05) is 43.3 Å². The number of amides is 1. The highest BCUT2D eigenvalue weighted by Gasteiger charge is 2.51.